The van der Waals surface area contributed by atoms with Crippen LogP contribution in [-0.4, -0.2) is 22.8 Å². The molecule has 1 amide bonds. The molecular weight excluding hydrogens is 350 g/mol. The van der Waals surface area contributed by atoms with Crippen molar-refractivity contribution in [2.75, 3.05) is 12.4 Å². The van der Waals surface area contributed by atoms with Crippen molar-refractivity contribution < 1.29 is 9.53 Å². The second-order valence-electron chi connectivity index (χ2n) is 5.98. The Morgan fingerprint density at radius 1 is 1.15 bits per heavy atom. The molecule has 0 saturated heterocycles. The summed E-state index contributed by atoms with van der Waals surface area (Å²) in [6.45, 7) is 2.78. The summed E-state index contributed by atoms with van der Waals surface area (Å²) in [5.74, 6) is -0.277. The van der Waals surface area contributed by atoms with E-state index in [1.54, 1.807) is 18.7 Å². The molecule has 0 atom stereocenters. The highest BCUT2D eigenvalue weighted by molar-refractivity contribution is 6.33. The van der Waals surface area contributed by atoms with Gasteiger partial charge in [-0.25, -0.2) is 4.68 Å². The zero-order valence-electron chi connectivity index (χ0n) is 14.7. The number of methoxy groups -OCH3 is 1. The number of hydrogen-bond acceptors (Lipinski definition) is 3. The Morgan fingerprint density at radius 3 is 2.62 bits per heavy atom. The van der Waals surface area contributed by atoms with Crippen LogP contribution in [0, 0.1) is 6.92 Å². The van der Waals surface area contributed by atoms with Crippen LogP contribution in [-0.2, 0) is 17.9 Å². The molecule has 0 unspecified atom stereocenters. The third-order valence-electron chi connectivity index (χ3n) is 3.96. The van der Waals surface area contributed by atoms with Gasteiger partial charge in [-0.15, -0.1) is 0 Å². The fourth-order valence-electron chi connectivity index (χ4n) is 2.77. The molecule has 3 rings (SSSR count). The first-order valence-corrected chi connectivity index (χ1v) is 8.62. The molecule has 0 aliphatic rings. The van der Waals surface area contributed by atoms with E-state index in [2.05, 4.69) is 10.4 Å². The molecule has 2 aromatic carbocycles. The van der Waals surface area contributed by atoms with E-state index < -0.39 is 0 Å². The van der Waals surface area contributed by atoms with Gasteiger partial charge in [-0.1, -0.05) is 54.1 Å². The molecule has 1 aromatic heterocycles. The summed E-state index contributed by atoms with van der Waals surface area (Å²) in [6, 6.07) is 17.4. The first-order valence-electron chi connectivity index (χ1n) is 8.24. The highest BCUT2D eigenvalue weighted by atomic mass is 35.5. The Morgan fingerprint density at radius 2 is 1.88 bits per heavy atom. The summed E-state index contributed by atoms with van der Waals surface area (Å²) < 4.78 is 6.76. The average molecular weight is 370 g/mol. The van der Waals surface area contributed by atoms with Crippen molar-refractivity contribution in [1.82, 2.24) is 9.78 Å². The van der Waals surface area contributed by atoms with E-state index in [-0.39, 0.29) is 5.91 Å². The molecule has 3 aromatic rings. The highest BCUT2D eigenvalue weighted by Gasteiger charge is 2.20. The molecule has 26 heavy (non-hydrogen) atoms. The van der Waals surface area contributed by atoms with Crippen LogP contribution in [0.1, 0.15) is 27.2 Å². The summed E-state index contributed by atoms with van der Waals surface area (Å²) in [5.41, 5.74) is 3.72. The number of rotatable bonds is 6. The zero-order chi connectivity index (χ0) is 18.5. The Bertz CT molecular complexity index is 907. The van der Waals surface area contributed by atoms with Gasteiger partial charge in [0.05, 0.1) is 24.4 Å². The second-order valence-corrected chi connectivity index (χ2v) is 6.34. The van der Waals surface area contributed by atoms with Crippen molar-refractivity contribution in [2.24, 2.45) is 0 Å². The fourth-order valence-corrected chi connectivity index (χ4v) is 3.09. The van der Waals surface area contributed by atoms with E-state index in [9.17, 15) is 4.79 Å². The number of carbonyl (C=O) groups is 1. The number of amides is 1. The molecule has 0 saturated carbocycles. The molecule has 0 radical (unpaired) electrons. The molecule has 0 bridgehead atoms. The lowest BCUT2D eigenvalue weighted by Crippen LogP contribution is -2.13. The van der Waals surface area contributed by atoms with E-state index in [1.165, 1.54) is 0 Å². The fraction of sp³-hybridized carbons (Fsp3) is 0.200. The van der Waals surface area contributed by atoms with E-state index in [1.807, 2.05) is 54.6 Å². The van der Waals surface area contributed by atoms with Crippen LogP contribution in [0.3, 0.4) is 0 Å². The number of nitrogens with one attached hydrogen (secondary N) is 1. The van der Waals surface area contributed by atoms with Crippen molar-refractivity contribution in [1.29, 1.82) is 0 Å². The Labute approximate surface area is 157 Å². The number of halogens is 1. The molecule has 0 spiro atoms. The number of carbonyl (C=O) groups excluding carboxylic acids is 1. The lowest BCUT2D eigenvalue weighted by Gasteiger charge is -2.07. The first kappa shape index (κ1) is 18.2. The van der Waals surface area contributed by atoms with Gasteiger partial charge < -0.3 is 10.1 Å². The number of nitrogens with zero attached hydrogens (tertiary/aromatic N) is 2. The molecule has 1 heterocycles. The van der Waals surface area contributed by atoms with Gasteiger partial charge in [-0.2, -0.15) is 5.10 Å². The Balaban J connectivity index is 1.80. The van der Waals surface area contributed by atoms with Gasteiger partial charge in [0.15, 0.2) is 0 Å². The smallest absolute Gasteiger partial charge is 0.260 e. The molecule has 0 aliphatic carbocycles. The molecule has 134 valence electrons. The lowest BCUT2D eigenvalue weighted by atomic mass is 10.2. The number of benzene rings is 2. The largest absolute Gasteiger partial charge is 0.380 e. The minimum Gasteiger partial charge on any atom is -0.380 e. The van der Waals surface area contributed by atoms with E-state index in [0.717, 1.165) is 11.1 Å². The van der Waals surface area contributed by atoms with Crippen molar-refractivity contribution in [3.05, 3.63) is 82.1 Å². The monoisotopic (exact) mass is 369 g/mol. The lowest BCUT2D eigenvalue weighted by molar-refractivity contribution is 0.102. The summed E-state index contributed by atoms with van der Waals surface area (Å²) in [7, 11) is 1.63. The molecule has 0 fully saturated rings. The average Bonchev–Trinajstić information content (AvgIpc) is 2.90. The number of ether oxygens (including phenoxy) is 1. The van der Waals surface area contributed by atoms with Crippen LogP contribution < -0.4 is 5.32 Å². The topological polar surface area (TPSA) is 56.1 Å². The van der Waals surface area contributed by atoms with Crippen LogP contribution in [0.2, 0.25) is 5.15 Å². The van der Waals surface area contributed by atoms with Crippen molar-refractivity contribution in [2.45, 2.75) is 20.1 Å². The molecular formula is C20H20ClN3O2. The number of aryl methyl sites for hydroxylation is 1. The maximum atomic E-state index is 12.7. The van der Waals surface area contributed by atoms with Gasteiger partial charge >= 0.3 is 0 Å². The highest BCUT2D eigenvalue weighted by Crippen LogP contribution is 2.23. The molecule has 0 aliphatic heterocycles. The zero-order valence-corrected chi connectivity index (χ0v) is 15.5. The summed E-state index contributed by atoms with van der Waals surface area (Å²) in [6.07, 6.45) is 0. The summed E-state index contributed by atoms with van der Waals surface area (Å²) >= 11 is 6.44. The van der Waals surface area contributed by atoms with Gasteiger partial charge in [-0.05, 0) is 30.2 Å². The van der Waals surface area contributed by atoms with Crippen LogP contribution in [0.25, 0.3) is 0 Å². The summed E-state index contributed by atoms with van der Waals surface area (Å²) in [5, 5.41) is 7.63. The normalized spacial score (nSPS) is 10.7. The van der Waals surface area contributed by atoms with E-state index >= 15 is 0 Å². The minimum atomic E-state index is -0.277. The van der Waals surface area contributed by atoms with Crippen LogP contribution in [0.4, 0.5) is 5.69 Å². The third-order valence-corrected chi connectivity index (χ3v) is 4.35. The van der Waals surface area contributed by atoms with Crippen molar-refractivity contribution in [3.8, 4) is 0 Å². The minimum absolute atomic E-state index is 0.277. The predicted molar refractivity (Wildman–Crippen MR) is 103 cm³/mol. The SMILES string of the molecule is COCc1cccc(NC(=O)c2c(C)nn(Cc3ccccc3)c2Cl)c1. The van der Waals surface area contributed by atoms with E-state index in [0.29, 0.717) is 35.2 Å². The number of aromatic nitrogens is 2. The molecule has 1 N–H and O–H groups in total. The standard InChI is InChI=1S/C20H20ClN3O2/c1-14-18(19(21)24(23-14)12-15-7-4-3-5-8-15)20(25)22-17-10-6-9-16(11-17)13-26-2/h3-11H,12-13H2,1-2H3,(H,22,25). The first-order chi connectivity index (χ1) is 12.6. The molecule has 6 heteroatoms. The van der Waals surface area contributed by atoms with Gasteiger partial charge in [0, 0.05) is 12.8 Å². The maximum absolute atomic E-state index is 12.7. The van der Waals surface area contributed by atoms with Crippen LogP contribution in [0.5, 0.6) is 0 Å². The number of anilines is 1. The van der Waals surface area contributed by atoms with Gasteiger partial charge in [-0.3, -0.25) is 4.79 Å². The summed E-state index contributed by atoms with van der Waals surface area (Å²) in [4.78, 5) is 12.7. The molecule has 5 nitrogen and oxygen atoms in total. The van der Waals surface area contributed by atoms with Gasteiger partial charge in [0.25, 0.3) is 5.91 Å². The van der Waals surface area contributed by atoms with Crippen LogP contribution >= 0.6 is 11.6 Å². The van der Waals surface area contributed by atoms with Gasteiger partial charge in [0.1, 0.15) is 5.15 Å². The number of hydrogen-bond donors (Lipinski definition) is 1. The third kappa shape index (κ3) is 4.12. The predicted octanol–water partition coefficient (Wildman–Crippen LogP) is 4.29. The second kappa shape index (κ2) is 8.17. The van der Waals surface area contributed by atoms with Crippen molar-refractivity contribution >= 4 is 23.2 Å². The Kier molecular flexibility index (Phi) is 5.71. The maximum Gasteiger partial charge on any atom is 0.260 e. The Hall–Kier alpha value is -2.63. The van der Waals surface area contributed by atoms with Crippen molar-refractivity contribution in [3.63, 3.8) is 0 Å². The van der Waals surface area contributed by atoms with Crippen LogP contribution in [0.15, 0.2) is 54.6 Å². The van der Waals surface area contributed by atoms with E-state index in [4.69, 9.17) is 16.3 Å². The van der Waals surface area contributed by atoms with Gasteiger partial charge in [0.2, 0.25) is 0 Å². The quantitative estimate of drug-likeness (QED) is 0.705.